The van der Waals surface area contributed by atoms with Crippen molar-refractivity contribution in [1.82, 2.24) is 9.71 Å². The molecular formula is C13H15N3O2S. The highest BCUT2D eigenvalue weighted by Crippen LogP contribution is 2.13. The molecule has 2 rings (SSSR count). The number of hydrogen-bond acceptors (Lipinski definition) is 4. The molecule has 0 radical (unpaired) electrons. The molecule has 0 fully saturated rings. The first-order valence-electron chi connectivity index (χ1n) is 5.74. The standard InChI is InChI=1S/C13H15N3O2S/c1-10-5-6-15-8-11(10)9-16-19(17,18)13-4-2-3-12(14)7-13/h2-8,16H,9,14H2,1H3. The maximum absolute atomic E-state index is 12.1. The van der Waals surface area contributed by atoms with Gasteiger partial charge in [-0.1, -0.05) is 6.07 Å². The largest absolute Gasteiger partial charge is 0.399 e. The highest BCUT2D eigenvalue weighted by Gasteiger charge is 2.14. The van der Waals surface area contributed by atoms with E-state index in [2.05, 4.69) is 9.71 Å². The number of nitrogens with zero attached hydrogens (tertiary/aromatic N) is 1. The molecule has 0 bridgehead atoms. The maximum atomic E-state index is 12.1. The lowest BCUT2D eigenvalue weighted by Crippen LogP contribution is -2.23. The average molecular weight is 277 g/mol. The molecule has 0 atom stereocenters. The number of hydrogen-bond donors (Lipinski definition) is 2. The lowest BCUT2D eigenvalue weighted by molar-refractivity contribution is 0.581. The molecule has 0 aliphatic heterocycles. The Morgan fingerprint density at radius 3 is 2.79 bits per heavy atom. The van der Waals surface area contributed by atoms with Gasteiger partial charge in [-0.3, -0.25) is 4.98 Å². The van der Waals surface area contributed by atoms with E-state index < -0.39 is 10.0 Å². The molecule has 5 nitrogen and oxygen atoms in total. The summed E-state index contributed by atoms with van der Waals surface area (Å²) in [6.45, 7) is 2.11. The van der Waals surface area contributed by atoms with Gasteiger partial charge in [0.15, 0.2) is 0 Å². The Kier molecular flexibility index (Phi) is 3.82. The van der Waals surface area contributed by atoms with Crippen molar-refractivity contribution in [2.45, 2.75) is 18.4 Å². The number of nitrogens with two attached hydrogens (primary N) is 1. The minimum Gasteiger partial charge on any atom is -0.399 e. The van der Waals surface area contributed by atoms with Crippen LogP contribution in [-0.2, 0) is 16.6 Å². The van der Waals surface area contributed by atoms with Gasteiger partial charge in [-0.2, -0.15) is 0 Å². The summed E-state index contributed by atoms with van der Waals surface area (Å²) in [5, 5.41) is 0. The van der Waals surface area contributed by atoms with Crippen molar-refractivity contribution in [3.05, 3.63) is 53.9 Å². The van der Waals surface area contributed by atoms with Crippen LogP contribution in [0.15, 0.2) is 47.6 Å². The maximum Gasteiger partial charge on any atom is 0.240 e. The monoisotopic (exact) mass is 277 g/mol. The molecule has 0 saturated heterocycles. The second-order valence-corrected chi connectivity index (χ2v) is 5.97. The summed E-state index contributed by atoms with van der Waals surface area (Å²) in [5.74, 6) is 0. The van der Waals surface area contributed by atoms with Crippen molar-refractivity contribution < 1.29 is 8.42 Å². The Labute approximate surface area is 112 Å². The van der Waals surface area contributed by atoms with Gasteiger partial charge in [0.25, 0.3) is 0 Å². The lowest BCUT2D eigenvalue weighted by Gasteiger charge is -2.08. The van der Waals surface area contributed by atoms with Crippen LogP contribution in [0.4, 0.5) is 5.69 Å². The summed E-state index contributed by atoms with van der Waals surface area (Å²) in [5.41, 5.74) is 7.84. The van der Waals surface area contributed by atoms with E-state index in [1.54, 1.807) is 24.5 Å². The van der Waals surface area contributed by atoms with E-state index in [4.69, 9.17) is 5.73 Å². The van der Waals surface area contributed by atoms with Gasteiger partial charge in [-0.25, -0.2) is 13.1 Å². The quantitative estimate of drug-likeness (QED) is 0.828. The Bertz CT molecular complexity index is 684. The van der Waals surface area contributed by atoms with E-state index in [1.165, 1.54) is 12.1 Å². The number of benzene rings is 1. The number of pyridine rings is 1. The smallest absolute Gasteiger partial charge is 0.240 e. The molecule has 0 amide bonds. The van der Waals surface area contributed by atoms with Crippen LogP contribution in [0.2, 0.25) is 0 Å². The third kappa shape index (κ3) is 3.30. The van der Waals surface area contributed by atoms with E-state index in [-0.39, 0.29) is 11.4 Å². The lowest BCUT2D eigenvalue weighted by atomic mass is 10.2. The van der Waals surface area contributed by atoms with Crippen molar-refractivity contribution in [3.63, 3.8) is 0 Å². The van der Waals surface area contributed by atoms with E-state index in [0.717, 1.165) is 11.1 Å². The third-order valence-corrected chi connectivity index (χ3v) is 4.17. The second-order valence-electron chi connectivity index (χ2n) is 4.20. The van der Waals surface area contributed by atoms with Crippen LogP contribution in [-0.4, -0.2) is 13.4 Å². The topological polar surface area (TPSA) is 85.1 Å². The molecule has 1 aromatic heterocycles. The van der Waals surface area contributed by atoms with E-state index in [0.29, 0.717) is 5.69 Å². The van der Waals surface area contributed by atoms with Gasteiger partial charge in [-0.05, 0) is 42.3 Å². The van der Waals surface area contributed by atoms with E-state index >= 15 is 0 Å². The molecule has 0 aliphatic rings. The van der Waals surface area contributed by atoms with Gasteiger partial charge in [0.1, 0.15) is 0 Å². The molecule has 0 saturated carbocycles. The van der Waals surface area contributed by atoms with Gasteiger partial charge >= 0.3 is 0 Å². The number of sulfonamides is 1. The molecule has 19 heavy (non-hydrogen) atoms. The fourth-order valence-electron chi connectivity index (χ4n) is 1.62. The van der Waals surface area contributed by atoms with Crippen LogP contribution in [0.1, 0.15) is 11.1 Å². The molecule has 0 spiro atoms. The van der Waals surface area contributed by atoms with Crippen molar-refractivity contribution in [2.24, 2.45) is 0 Å². The van der Waals surface area contributed by atoms with Crippen LogP contribution in [0.3, 0.4) is 0 Å². The van der Waals surface area contributed by atoms with Crippen molar-refractivity contribution >= 4 is 15.7 Å². The summed E-state index contributed by atoms with van der Waals surface area (Å²) < 4.78 is 26.7. The van der Waals surface area contributed by atoms with E-state index in [9.17, 15) is 8.42 Å². The highest BCUT2D eigenvalue weighted by atomic mass is 32.2. The van der Waals surface area contributed by atoms with Crippen LogP contribution in [0.25, 0.3) is 0 Å². The molecule has 100 valence electrons. The summed E-state index contributed by atoms with van der Waals surface area (Å²) in [6.07, 6.45) is 3.32. The molecule has 3 N–H and O–H groups in total. The zero-order chi connectivity index (χ0) is 13.9. The van der Waals surface area contributed by atoms with Gasteiger partial charge in [0.2, 0.25) is 10.0 Å². The number of nitrogen functional groups attached to an aromatic ring is 1. The molecule has 0 aliphatic carbocycles. The van der Waals surface area contributed by atoms with Crippen molar-refractivity contribution in [2.75, 3.05) is 5.73 Å². The molecule has 1 heterocycles. The molecule has 0 unspecified atom stereocenters. The summed E-state index contributed by atoms with van der Waals surface area (Å²) >= 11 is 0. The predicted molar refractivity (Wildman–Crippen MR) is 73.9 cm³/mol. The summed E-state index contributed by atoms with van der Waals surface area (Å²) in [4.78, 5) is 4.14. The number of nitrogens with one attached hydrogen (secondary N) is 1. The SMILES string of the molecule is Cc1ccncc1CNS(=O)(=O)c1cccc(N)c1. The van der Waals surface area contributed by atoms with Crippen LogP contribution in [0.5, 0.6) is 0 Å². The Morgan fingerprint density at radius 1 is 1.32 bits per heavy atom. The highest BCUT2D eigenvalue weighted by molar-refractivity contribution is 7.89. The van der Waals surface area contributed by atoms with Crippen LogP contribution >= 0.6 is 0 Å². The summed E-state index contributed by atoms with van der Waals surface area (Å²) in [7, 11) is -3.56. The Balaban J connectivity index is 2.17. The molecule has 1 aromatic carbocycles. The normalized spacial score (nSPS) is 11.4. The van der Waals surface area contributed by atoms with Crippen LogP contribution < -0.4 is 10.5 Å². The first-order chi connectivity index (χ1) is 8.99. The zero-order valence-corrected chi connectivity index (χ0v) is 11.3. The molecule has 6 heteroatoms. The van der Waals surface area contributed by atoms with Gasteiger partial charge in [0, 0.05) is 24.6 Å². The third-order valence-electron chi connectivity index (χ3n) is 2.77. The fraction of sp³-hybridized carbons (Fsp3) is 0.154. The number of aromatic nitrogens is 1. The molecular weight excluding hydrogens is 262 g/mol. The second kappa shape index (κ2) is 5.38. The summed E-state index contributed by atoms with van der Waals surface area (Å²) in [6, 6.07) is 8.03. The number of rotatable bonds is 4. The van der Waals surface area contributed by atoms with Crippen molar-refractivity contribution in [3.8, 4) is 0 Å². The fourth-order valence-corrected chi connectivity index (χ4v) is 2.68. The Hall–Kier alpha value is -1.92. The Morgan fingerprint density at radius 2 is 2.11 bits per heavy atom. The number of anilines is 1. The van der Waals surface area contributed by atoms with Crippen molar-refractivity contribution in [1.29, 1.82) is 0 Å². The van der Waals surface area contributed by atoms with Gasteiger partial charge < -0.3 is 5.73 Å². The van der Waals surface area contributed by atoms with E-state index in [1.807, 2.05) is 13.0 Å². The first kappa shape index (κ1) is 13.5. The predicted octanol–water partition coefficient (Wildman–Crippen LogP) is 1.45. The van der Waals surface area contributed by atoms with Crippen LogP contribution in [0, 0.1) is 6.92 Å². The zero-order valence-electron chi connectivity index (χ0n) is 10.5. The van der Waals surface area contributed by atoms with Gasteiger partial charge in [-0.15, -0.1) is 0 Å². The minimum atomic E-state index is -3.56. The minimum absolute atomic E-state index is 0.161. The molecule has 2 aromatic rings. The number of aryl methyl sites for hydroxylation is 1. The average Bonchev–Trinajstić information content (AvgIpc) is 2.38. The first-order valence-corrected chi connectivity index (χ1v) is 7.22. The van der Waals surface area contributed by atoms with Gasteiger partial charge in [0.05, 0.1) is 4.90 Å².